The molecule has 0 aliphatic carbocycles. The van der Waals surface area contributed by atoms with Crippen molar-refractivity contribution in [2.75, 3.05) is 0 Å². The van der Waals surface area contributed by atoms with E-state index in [1.807, 2.05) is 0 Å². The second-order valence-electron chi connectivity index (χ2n) is 2.06. The first kappa shape index (κ1) is 8.98. The zero-order valence-corrected chi connectivity index (χ0v) is 8.64. The van der Waals surface area contributed by atoms with Gasteiger partial charge in [-0.3, -0.25) is 12.9 Å². The standard InChI is InChI=1S/C7H3FN.BrH.Mg/c8-7-4-2-1-3-6(7)5-9;;/h1,3-4H;1H;/q;;+1/p-1. The average Bonchev–Trinajstić information content (AvgIpc) is 2.04. The van der Waals surface area contributed by atoms with Crippen LogP contribution in [0.1, 0.15) is 5.56 Å². The van der Waals surface area contributed by atoms with Crippen molar-refractivity contribution in [2.45, 2.75) is 0 Å². The maximum Gasteiger partial charge on any atom is 0.506 e. The smallest absolute Gasteiger partial charge is 0.296 e. The summed E-state index contributed by atoms with van der Waals surface area (Å²) in [5, 5.41) is 8.39. The van der Waals surface area contributed by atoms with E-state index in [9.17, 15) is 4.39 Å². The molecule has 1 nitrogen and oxygen atoms in total. The van der Waals surface area contributed by atoms with E-state index in [0.717, 1.165) is 3.69 Å². The molecule has 11 heavy (non-hydrogen) atoms. The van der Waals surface area contributed by atoms with Gasteiger partial charge in [-0.2, -0.15) is 5.26 Å². The first-order valence-corrected chi connectivity index (χ1v) is 7.63. The Hall–Kier alpha value is -0.114. The number of benzene rings is 1. The van der Waals surface area contributed by atoms with Crippen LogP contribution in [-0.2, 0) is 0 Å². The molecule has 1 rings (SSSR count). The maximum absolute atomic E-state index is 12.8. The fourth-order valence-electron chi connectivity index (χ4n) is 0.732. The molecule has 1 aromatic carbocycles. The van der Waals surface area contributed by atoms with Crippen molar-refractivity contribution in [3.05, 3.63) is 29.6 Å². The van der Waals surface area contributed by atoms with Crippen molar-refractivity contribution in [1.82, 2.24) is 0 Å². The second kappa shape index (κ2) is 4.05. The Morgan fingerprint density at radius 1 is 1.55 bits per heavy atom. The van der Waals surface area contributed by atoms with Crippen LogP contribution in [-0.4, -0.2) is 18.2 Å². The molecule has 0 aliphatic rings. The molecule has 0 spiro atoms. The summed E-state index contributed by atoms with van der Waals surface area (Å²) in [5.41, 5.74) is 0.115. The SMILES string of the molecule is N#Cc1cc[c]([Mg][Br])cc1F. The molecule has 1 aromatic rings. The minimum Gasteiger partial charge on any atom is -0.296 e. The lowest BCUT2D eigenvalue weighted by atomic mass is 10.2. The lowest BCUT2D eigenvalue weighted by Gasteiger charge is -1.95. The second-order valence-corrected chi connectivity index (χ2v) is 4.83. The van der Waals surface area contributed by atoms with Crippen LogP contribution in [0.25, 0.3) is 0 Å². The third-order valence-electron chi connectivity index (χ3n) is 1.31. The van der Waals surface area contributed by atoms with Gasteiger partial charge in [-0.05, 0) is 12.1 Å². The van der Waals surface area contributed by atoms with Gasteiger partial charge in [0.25, 0.3) is 0 Å². The fourth-order valence-corrected chi connectivity index (χ4v) is 2.24. The molecule has 0 saturated carbocycles. The van der Waals surface area contributed by atoms with Crippen LogP contribution in [0.15, 0.2) is 18.2 Å². The predicted molar refractivity (Wildman–Crippen MR) is 45.4 cm³/mol. The van der Waals surface area contributed by atoms with E-state index in [2.05, 4.69) is 12.9 Å². The van der Waals surface area contributed by atoms with E-state index < -0.39 is 24.0 Å². The lowest BCUT2D eigenvalue weighted by molar-refractivity contribution is 0.625. The minimum atomic E-state index is -0.491. The molecular weight excluding hydrogens is 221 g/mol. The Balaban J connectivity index is 3.12. The summed E-state index contributed by atoms with van der Waals surface area (Å²) in [6.07, 6.45) is 0. The van der Waals surface area contributed by atoms with Crippen molar-refractivity contribution in [3.63, 3.8) is 0 Å². The van der Waals surface area contributed by atoms with Gasteiger partial charge in [0.1, 0.15) is 11.9 Å². The maximum atomic E-state index is 12.8. The summed E-state index contributed by atoms with van der Waals surface area (Å²) < 4.78 is 13.8. The van der Waals surface area contributed by atoms with E-state index in [1.54, 1.807) is 12.1 Å². The largest absolute Gasteiger partial charge is 0.506 e. The van der Waals surface area contributed by atoms with Crippen LogP contribution < -0.4 is 3.69 Å². The first-order chi connectivity index (χ1) is 5.27. The molecule has 0 saturated heterocycles. The van der Waals surface area contributed by atoms with E-state index in [1.165, 1.54) is 12.1 Å². The Morgan fingerprint density at radius 2 is 2.27 bits per heavy atom. The Labute approximate surface area is 79.8 Å². The van der Waals surface area contributed by atoms with Crippen LogP contribution in [0.3, 0.4) is 0 Å². The summed E-state index contributed by atoms with van der Waals surface area (Å²) in [4.78, 5) is 0. The van der Waals surface area contributed by atoms with E-state index in [0.29, 0.717) is 0 Å². The summed E-state index contributed by atoms with van der Waals surface area (Å²) >= 11 is 2.84. The zero-order chi connectivity index (χ0) is 8.27. The van der Waals surface area contributed by atoms with Crippen molar-refractivity contribution in [1.29, 1.82) is 5.26 Å². The fraction of sp³-hybridized carbons (Fsp3) is 0. The van der Waals surface area contributed by atoms with Crippen LogP contribution in [0.4, 0.5) is 4.39 Å². The van der Waals surface area contributed by atoms with Gasteiger partial charge in [0.2, 0.25) is 0 Å². The molecule has 0 fully saturated rings. The highest BCUT2D eigenvalue weighted by atomic mass is 79.9. The van der Waals surface area contributed by atoms with Gasteiger partial charge >= 0.3 is 18.2 Å². The lowest BCUT2D eigenvalue weighted by Crippen LogP contribution is -2.08. The quantitative estimate of drug-likeness (QED) is 0.660. The number of rotatable bonds is 1. The minimum absolute atomic E-state index is 0.115. The Kier molecular flexibility index (Phi) is 3.30. The Morgan fingerprint density at radius 3 is 2.73 bits per heavy atom. The van der Waals surface area contributed by atoms with Crippen LogP contribution in [0.2, 0.25) is 0 Å². The molecule has 0 aromatic heterocycles. The van der Waals surface area contributed by atoms with E-state index in [4.69, 9.17) is 5.26 Å². The number of halogens is 2. The van der Waals surface area contributed by atoms with Gasteiger partial charge in [0, 0.05) is 0 Å². The van der Waals surface area contributed by atoms with Gasteiger partial charge in [0.15, 0.2) is 0 Å². The van der Waals surface area contributed by atoms with Crippen molar-refractivity contribution in [2.24, 2.45) is 0 Å². The third-order valence-corrected chi connectivity index (χ3v) is 4.00. The van der Waals surface area contributed by atoms with Gasteiger partial charge in [-0.1, -0.05) is 6.07 Å². The van der Waals surface area contributed by atoms with Crippen LogP contribution >= 0.6 is 12.9 Å². The number of hydrogen-bond acceptors (Lipinski definition) is 1. The van der Waals surface area contributed by atoms with Gasteiger partial charge in [0.05, 0.1) is 5.56 Å². The molecule has 0 atom stereocenters. The van der Waals surface area contributed by atoms with Crippen LogP contribution in [0.5, 0.6) is 0 Å². The molecule has 0 N–H and O–H groups in total. The normalized spacial score (nSPS) is 8.45. The average molecular weight is 224 g/mol. The molecule has 0 heterocycles. The number of nitriles is 1. The van der Waals surface area contributed by atoms with Crippen molar-refractivity contribution in [3.8, 4) is 6.07 Å². The summed E-state index contributed by atoms with van der Waals surface area (Å²) in [6, 6.07) is 6.48. The first-order valence-electron chi connectivity index (χ1n) is 3.02. The van der Waals surface area contributed by atoms with Gasteiger partial charge in [-0.15, -0.1) is 3.69 Å². The van der Waals surface area contributed by atoms with Gasteiger partial charge in [-0.25, -0.2) is 4.39 Å². The zero-order valence-electron chi connectivity index (χ0n) is 5.64. The summed E-state index contributed by atoms with van der Waals surface area (Å²) in [7, 11) is 0. The highest BCUT2D eigenvalue weighted by molar-refractivity contribution is 9.23. The molecule has 52 valence electrons. The topological polar surface area (TPSA) is 23.8 Å². The van der Waals surface area contributed by atoms with E-state index >= 15 is 0 Å². The molecule has 0 aliphatic heterocycles. The third kappa shape index (κ3) is 2.16. The molecule has 4 heteroatoms. The summed E-state index contributed by atoms with van der Waals surface area (Å²) in [6.45, 7) is 0. The van der Waals surface area contributed by atoms with Gasteiger partial charge < -0.3 is 0 Å². The highest BCUT2D eigenvalue weighted by Crippen LogP contribution is 2.02. The highest BCUT2D eigenvalue weighted by Gasteiger charge is 2.02. The predicted octanol–water partition coefficient (Wildman–Crippen LogP) is 1.34. The molecule has 0 bridgehead atoms. The molecular formula is C7H3BrFMgN. The molecule has 0 amide bonds. The van der Waals surface area contributed by atoms with Crippen LogP contribution in [0, 0.1) is 17.1 Å². The number of hydrogen-bond donors (Lipinski definition) is 0. The van der Waals surface area contributed by atoms with E-state index in [-0.39, 0.29) is 5.56 Å². The van der Waals surface area contributed by atoms with Crippen molar-refractivity contribution >= 4 is 34.8 Å². The number of nitrogens with zero attached hydrogens (tertiary/aromatic N) is 1. The molecule has 0 unspecified atom stereocenters. The Bertz CT molecular complexity index is 308. The molecule has 0 radical (unpaired) electrons. The monoisotopic (exact) mass is 223 g/mol. The summed E-state index contributed by atoms with van der Waals surface area (Å²) in [5.74, 6) is -0.419. The van der Waals surface area contributed by atoms with Crippen molar-refractivity contribution < 1.29 is 4.39 Å².